The van der Waals surface area contributed by atoms with Gasteiger partial charge in [-0.15, -0.1) is 11.8 Å². The van der Waals surface area contributed by atoms with Gasteiger partial charge in [-0.1, -0.05) is 6.07 Å². The lowest BCUT2D eigenvalue weighted by atomic mass is 10.3. The molecule has 0 aliphatic rings. The topological polar surface area (TPSA) is 72.2 Å². The van der Waals surface area contributed by atoms with Gasteiger partial charge in [0.25, 0.3) is 5.56 Å². The molecule has 0 aliphatic heterocycles. The predicted octanol–water partition coefficient (Wildman–Crippen LogP) is 1.73. The fourth-order valence-corrected chi connectivity index (χ4v) is 2.40. The first kappa shape index (κ1) is 13.4. The number of rotatable bonds is 5. The number of thioether (sulfide) groups is 1. The summed E-state index contributed by atoms with van der Waals surface area (Å²) in [5, 5.41) is 8.83. The maximum Gasteiger partial charge on any atom is 0.354 e. The zero-order valence-corrected chi connectivity index (χ0v) is 10.8. The average Bonchev–Trinajstić information content (AvgIpc) is 2.41. The summed E-state index contributed by atoms with van der Waals surface area (Å²) in [5.41, 5.74) is -0.00840. The molecule has 19 heavy (non-hydrogen) atoms. The molecule has 0 fully saturated rings. The van der Waals surface area contributed by atoms with Gasteiger partial charge >= 0.3 is 5.97 Å². The number of aromatic nitrogens is 2. The van der Waals surface area contributed by atoms with Gasteiger partial charge in [0.15, 0.2) is 0 Å². The predicted molar refractivity (Wildman–Crippen MR) is 72.6 cm³/mol. The van der Waals surface area contributed by atoms with Crippen LogP contribution in [0.5, 0.6) is 0 Å². The molecule has 0 saturated heterocycles. The lowest BCUT2D eigenvalue weighted by Crippen LogP contribution is -2.18. The van der Waals surface area contributed by atoms with Crippen LogP contribution in [0.2, 0.25) is 0 Å². The standard InChI is InChI=1S/C13H12N2O3S/c16-12-3-1-2-6-15(12)7-8-19-10-4-5-14-11(9-10)13(17)18/h1-6,9H,7-8H2,(H,17,18). The quantitative estimate of drug-likeness (QED) is 0.842. The molecule has 98 valence electrons. The summed E-state index contributed by atoms with van der Waals surface area (Å²) >= 11 is 1.49. The van der Waals surface area contributed by atoms with Crippen LogP contribution >= 0.6 is 11.8 Å². The van der Waals surface area contributed by atoms with Crippen molar-refractivity contribution in [3.63, 3.8) is 0 Å². The van der Waals surface area contributed by atoms with Crippen molar-refractivity contribution >= 4 is 17.7 Å². The van der Waals surface area contributed by atoms with Crippen LogP contribution in [0, 0.1) is 0 Å². The molecule has 5 nitrogen and oxygen atoms in total. The Bertz CT molecular complexity index is 640. The molecule has 0 radical (unpaired) electrons. The highest BCUT2D eigenvalue weighted by molar-refractivity contribution is 7.99. The Morgan fingerprint density at radius 2 is 2.21 bits per heavy atom. The number of hydrogen-bond acceptors (Lipinski definition) is 4. The van der Waals surface area contributed by atoms with Gasteiger partial charge in [-0.3, -0.25) is 4.79 Å². The van der Waals surface area contributed by atoms with Crippen LogP contribution in [0.4, 0.5) is 0 Å². The molecule has 0 amide bonds. The van der Waals surface area contributed by atoms with E-state index in [1.165, 1.54) is 30.1 Å². The Balaban J connectivity index is 1.96. The van der Waals surface area contributed by atoms with Crippen molar-refractivity contribution in [1.29, 1.82) is 0 Å². The summed E-state index contributed by atoms with van der Waals surface area (Å²) in [7, 11) is 0. The second kappa shape index (κ2) is 6.19. The van der Waals surface area contributed by atoms with Crippen molar-refractivity contribution in [2.75, 3.05) is 5.75 Å². The molecule has 0 spiro atoms. The van der Waals surface area contributed by atoms with E-state index >= 15 is 0 Å². The lowest BCUT2D eigenvalue weighted by molar-refractivity contribution is 0.0690. The van der Waals surface area contributed by atoms with Gasteiger partial charge in [0, 0.05) is 35.7 Å². The number of hydrogen-bond donors (Lipinski definition) is 1. The van der Waals surface area contributed by atoms with Crippen molar-refractivity contribution in [1.82, 2.24) is 9.55 Å². The van der Waals surface area contributed by atoms with Gasteiger partial charge < -0.3 is 9.67 Å². The monoisotopic (exact) mass is 276 g/mol. The van der Waals surface area contributed by atoms with E-state index in [0.717, 1.165) is 4.90 Å². The molecule has 0 unspecified atom stereocenters. The van der Waals surface area contributed by atoms with Crippen LogP contribution in [0.3, 0.4) is 0 Å². The second-order valence-electron chi connectivity index (χ2n) is 3.76. The summed E-state index contributed by atoms with van der Waals surface area (Å²) in [5.74, 6) is -0.353. The summed E-state index contributed by atoms with van der Waals surface area (Å²) in [6, 6.07) is 8.31. The maximum absolute atomic E-state index is 11.5. The highest BCUT2D eigenvalue weighted by Crippen LogP contribution is 2.18. The number of aryl methyl sites for hydroxylation is 1. The van der Waals surface area contributed by atoms with Gasteiger partial charge in [0.1, 0.15) is 5.69 Å². The smallest absolute Gasteiger partial charge is 0.354 e. The first-order valence-corrected chi connectivity index (χ1v) is 6.63. The third-order valence-corrected chi connectivity index (χ3v) is 3.42. The van der Waals surface area contributed by atoms with E-state index < -0.39 is 5.97 Å². The normalized spacial score (nSPS) is 10.3. The van der Waals surface area contributed by atoms with E-state index in [-0.39, 0.29) is 11.3 Å². The molecule has 6 heteroatoms. The van der Waals surface area contributed by atoms with E-state index in [2.05, 4.69) is 4.98 Å². The molecule has 2 rings (SSSR count). The molecule has 0 saturated carbocycles. The molecule has 0 aromatic carbocycles. The zero-order valence-electron chi connectivity index (χ0n) is 10.0. The van der Waals surface area contributed by atoms with E-state index in [0.29, 0.717) is 12.3 Å². The van der Waals surface area contributed by atoms with Gasteiger partial charge in [-0.25, -0.2) is 9.78 Å². The summed E-state index contributed by atoms with van der Waals surface area (Å²) in [6.45, 7) is 0.578. The lowest BCUT2D eigenvalue weighted by Gasteiger charge is -2.05. The molecule has 0 bridgehead atoms. The summed E-state index contributed by atoms with van der Waals surface area (Å²) < 4.78 is 1.62. The number of aromatic carboxylic acids is 1. The molecule has 0 atom stereocenters. The van der Waals surface area contributed by atoms with Crippen LogP contribution in [-0.2, 0) is 6.54 Å². The fraction of sp³-hybridized carbons (Fsp3) is 0.154. The van der Waals surface area contributed by atoms with Crippen molar-refractivity contribution in [3.05, 3.63) is 58.8 Å². The minimum atomic E-state index is -1.04. The van der Waals surface area contributed by atoms with Gasteiger partial charge in [0.05, 0.1) is 0 Å². The van der Waals surface area contributed by atoms with Crippen molar-refractivity contribution in [3.8, 4) is 0 Å². The largest absolute Gasteiger partial charge is 0.477 e. The van der Waals surface area contributed by atoms with Gasteiger partial charge in [-0.05, 0) is 18.2 Å². The maximum atomic E-state index is 11.5. The highest BCUT2D eigenvalue weighted by Gasteiger charge is 2.05. The SMILES string of the molecule is O=C(O)c1cc(SCCn2ccccc2=O)ccn1. The van der Waals surface area contributed by atoms with Crippen molar-refractivity contribution in [2.24, 2.45) is 0 Å². The van der Waals surface area contributed by atoms with Crippen LogP contribution in [-0.4, -0.2) is 26.4 Å². The highest BCUT2D eigenvalue weighted by atomic mass is 32.2. The first-order valence-electron chi connectivity index (χ1n) is 5.64. The Hall–Kier alpha value is -2.08. The number of pyridine rings is 2. The summed E-state index contributed by atoms with van der Waals surface area (Å²) in [6.07, 6.45) is 3.21. The van der Waals surface area contributed by atoms with Crippen molar-refractivity contribution < 1.29 is 9.90 Å². The van der Waals surface area contributed by atoms with E-state index in [4.69, 9.17) is 5.11 Å². The van der Waals surface area contributed by atoms with Crippen LogP contribution < -0.4 is 5.56 Å². The molecule has 1 N–H and O–H groups in total. The number of carboxylic acid groups (broad SMARTS) is 1. The van der Waals surface area contributed by atoms with Gasteiger partial charge in [0.2, 0.25) is 0 Å². The molecule has 2 aromatic heterocycles. The Morgan fingerprint density at radius 3 is 2.95 bits per heavy atom. The molecule has 2 heterocycles. The minimum absolute atomic E-state index is 0.0295. The van der Waals surface area contributed by atoms with Crippen LogP contribution in [0.15, 0.2) is 52.4 Å². The number of carboxylic acids is 1. The number of nitrogens with zero attached hydrogens (tertiary/aromatic N) is 2. The molecule has 2 aromatic rings. The molecule has 0 aliphatic carbocycles. The van der Waals surface area contributed by atoms with E-state index in [1.807, 2.05) is 0 Å². The first-order chi connectivity index (χ1) is 9.16. The van der Waals surface area contributed by atoms with Crippen LogP contribution in [0.25, 0.3) is 0 Å². The van der Waals surface area contributed by atoms with Crippen LogP contribution in [0.1, 0.15) is 10.5 Å². The van der Waals surface area contributed by atoms with E-state index in [9.17, 15) is 9.59 Å². The fourth-order valence-electron chi connectivity index (χ4n) is 1.53. The van der Waals surface area contributed by atoms with Gasteiger partial charge in [-0.2, -0.15) is 0 Å². The Morgan fingerprint density at radius 1 is 1.37 bits per heavy atom. The third kappa shape index (κ3) is 3.69. The molecular formula is C13H12N2O3S. The van der Waals surface area contributed by atoms with E-state index in [1.54, 1.807) is 29.0 Å². The number of carbonyl (C=O) groups is 1. The van der Waals surface area contributed by atoms with Crippen molar-refractivity contribution in [2.45, 2.75) is 11.4 Å². The Labute approximate surface area is 113 Å². The summed E-state index contributed by atoms with van der Waals surface area (Å²) in [4.78, 5) is 26.8. The minimum Gasteiger partial charge on any atom is -0.477 e. The molecular weight excluding hydrogens is 264 g/mol. The second-order valence-corrected chi connectivity index (χ2v) is 4.93. The average molecular weight is 276 g/mol. The third-order valence-electron chi connectivity index (χ3n) is 2.45. The Kier molecular flexibility index (Phi) is 4.35. The zero-order chi connectivity index (χ0) is 13.7.